The number of hydrogen-bond donors (Lipinski definition) is 2. The molecule has 1 aromatic carbocycles. The number of aliphatic hydroxyl groups excluding tert-OH is 1. The van der Waals surface area contributed by atoms with E-state index in [9.17, 15) is 9.18 Å². The standard InChI is InChI=1S/C14H19FN2O3/c1-2-20-13-4-3-11(7-12(13)15)16-14(19)17-6-5-10(8-17)9-18/h3-4,7,10,18H,2,5-6,8-9H2,1H3,(H,16,19). The van der Waals surface area contributed by atoms with Crippen LogP contribution in [0.2, 0.25) is 0 Å². The maximum Gasteiger partial charge on any atom is 0.321 e. The quantitative estimate of drug-likeness (QED) is 0.888. The van der Waals surface area contributed by atoms with Crippen LogP contribution < -0.4 is 10.1 Å². The third-order valence-corrected chi connectivity index (χ3v) is 3.31. The molecule has 0 bridgehead atoms. The largest absolute Gasteiger partial charge is 0.491 e. The van der Waals surface area contributed by atoms with Gasteiger partial charge in [0.05, 0.1) is 6.61 Å². The zero-order valence-electron chi connectivity index (χ0n) is 11.4. The molecule has 2 amide bonds. The molecule has 0 aliphatic carbocycles. The van der Waals surface area contributed by atoms with Crippen LogP contribution in [0.15, 0.2) is 18.2 Å². The highest BCUT2D eigenvalue weighted by atomic mass is 19.1. The summed E-state index contributed by atoms with van der Waals surface area (Å²) in [5.74, 6) is -0.191. The number of carbonyl (C=O) groups excluding carboxylic acids is 1. The van der Waals surface area contributed by atoms with E-state index in [0.717, 1.165) is 6.42 Å². The molecule has 1 atom stereocenters. The number of nitrogens with zero attached hydrogens (tertiary/aromatic N) is 1. The van der Waals surface area contributed by atoms with E-state index in [-0.39, 0.29) is 24.3 Å². The lowest BCUT2D eigenvalue weighted by molar-refractivity contribution is 0.208. The van der Waals surface area contributed by atoms with Gasteiger partial charge in [-0.25, -0.2) is 9.18 Å². The summed E-state index contributed by atoms with van der Waals surface area (Å²) < 4.78 is 18.8. The number of carbonyl (C=O) groups is 1. The monoisotopic (exact) mass is 282 g/mol. The molecule has 1 aliphatic rings. The number of nitrogens with one attached hydrogen (secondary N) is 1. The van der Waals surface area contributed by atoms with Crippen LogP contribution in [0.4, 0.5) is 14.9 Å². The summed E-state index contributed by atoms with van der Waals surface area (Å²) in [6, 6.07) is 4.06. The Kier molecular flexibility index (Phi) is 4.79. The summed E-state index contributed by atoms with van der Waals surface area (Å²) in [5.41, 5.74) is 0.392. The minimum atomic E-state index is -0.501. The first-order chi connectivity index (χ1) is 9.63. The molecule has 1 fully saturated rings. The predicted molar refractivity (Wildman–Crippen MR) is 73.4 cm³/mol. The van der Waals surface area contributed by atoms with E-state index in [2.05, 4.69) is 5.32 Å². The number of hydrogen-bond acceptors (Lipinski definition) is 3. The number of aliphatic hydroxyl groups is 1. The minimum absolute atomic E-state index is 0.0848. The van der Waals surface area contributed by atoms with Crippen LogP contribution in [-0.4, -0.2) is 42.3 Å². The number of benzene rings is 1. The Balaban J connectivity index is 1.96. The van der Waals surface area contributed by atoms with Crippen LogP contribution in [0.1, 0.15) is 13.3 Å². The molecule has 1 saturated heterocycles. The molecule has 0 aromatic heterocycles. The third kappa shape index (κ3) is 3.39. The normalized spacial score (nSPS) is 18.1. The fourth-order valence-electron chi connectivity index (χ4n) is 2.22. The number of ether oxygens (including phenoxy) is 1. The van der Waals surface area contributed by atoms with Gasteiger partial charge in [0, 0.05) is 37.4 Å². The SMILES string of the molecule is CCOc1ccc(NC(=O)N2CCC(CO)C2)cc1F. The molecule has 2 rings (SSSR count). The van der Waals surface area contributed by atoms with Gasteiger partial charge in [-0.1, -0.05) is 0 Å². The van der Waals surface area contributed by atoms with Gasteiger partial charge >= 0.3 is 6.03 Å². The lowest BCUT2D eigenvalue weighted by Crippen LogP contribution is -2.33. The van der Waals surface area contributed by atoms with E-state index in [1.807, 2.05) is 0 Å². The summed E-state index contributed by atoms with van der Waals surface area (Å²) >= 11 is 0. The van der Waals surface area contributed by atoms with Gasteiger partial charge in [0.2, 0.25) is 0 Å². The van der Waals surface area contributed by atoms with Crippen LogP contribution in [0, 0.1) is 11.7 Å². The van der Waals surface area contributed by atoms with Crippen molar-refractivity contribution in [1.82, 2.24) is 4.90 Å². The molecule has 1 heterocycles. The molecule has 0 spiro atoms. The van der Waals surface area contributed by atoms with Crippen molar-refractivity contribution in [3.05, 3.63) is 24.0 Å². The fraction of sp³-hybridized carbons (Fsp3) is 0.500. The Labute approximate surface area is 117 Å². The third-order valence-electron chi connectivity index (χ3n) is 3.31. The number of urea groups is 1. The van der Waals surface area contributed by atoms with E-state index in [0.29, 0.717) is 25.4 Å². The van der Waals surface area contributed by atoms with Gasteiger partial charge in [-0.05, 0) is 25.5 Å². The molecule has 0 saturated carbocycles. The molecule has 1 aliphatic heterocycles. The maximum absolute atomic E-state index is 13.7. The highest BCUT2D eigenvalue weighted by molar-refractivity contribution is 5.89. The number of likely N-dealkylation sites (tertiary alicyclic amines) is 1. The van der Waals surface area contributed by atoms with E-state index in [1.165, 1.54) is 12.1 Å². The lowest BCUT2D eigenvalue weighted by atomic mass is 10.1. The molecule has 1 aromatic rings. The molecule has 6 heteroatoms. The topological polar surface area (TPSA) is 61.8 Å². The fourth-order valence-corrected chi connectivity index (χ4v) is 2.22. The molecule has 0 radical (unpaired) electrons. The first-order valence-electron chi connectivity index (χ1n) is 6.73. The summed E-state index contributed by atoms with van der Waals surface area (Å²) in [6.07, 6.45) is 0.793. The van der Waals surface area contributed by atoms with Gasteiger partial charge in [0.1, 0.15) is 0 Å². The number of rotatable bonds is 4. The van der Waals surface area contributed by atoms with Crippen molar-refractivity contribution in [2.75, 3.05) is 31.6 Å². The van der Waals surface area contributed by atoms with Crippen molar-refractivity contribution in [3.63, 3.8) is 0 Å². The second-order valence-electron chi connectivity index (χ2n) is 4.79. The minimum Gasteiger partial charge on any atom is -0.491 e. The Morgan fingerprint density at radius 1 is 1.60 bits per heavy atom. The maximum atomic E-state index is 13.7. The zero-order valence-corrected chi connectivity index (χ0v) is 11.4. The molecular formula is C14H19FN2O3. The first-order valence-corrected chi connectivity index (χ1v) is 6.73. The second-order valence-corrected chi connectivity index (χ2v) is 4.79. The van der Waals surface area contributed by atoms with Crippen molar-refractivity contribution in [3.8, 4) is 5.75 Å². The van der Waals surface area contributed by atoms with Crippen molar-refractivity contribution < 1.29 is 19.0 Å². The molecule has 20 heavy (non-hydrogen) atoms. The van der Waals surface area contributed by atoms with E-state index in [1.54, 1.807) is 17.9 Å². The molecule has 110 valence electrons. The van der Waals surface area contributed by atoms with Crippen LogP contribution >= 0.6 is 0 Å². The van der Waals surface area contributed by atoms with Crippen molar-refractivity contribution in [2.45, 2.75) is 13.3 Å². The van der Waals surface area contributed by atoms with Crippen LogP contribution in [0.5, 0.6) is 5.75 Å². The second kappa shape index (κ2) is 6.56. The van der Waals surface area contributed by atoms with Gasteiger partial charge in [0.15, 0.2) is 11.6 Å². The zero-order chi connectivity index (χ0) is 14.5. The number of halogens is 1. The van der Waals surface area contributed by atoms with Crippen LogP contribution in [0.25, 0.3) is 0 Å². The van der Waals surface area contributed by atoms with Gasteiger partial charge < -0.3 is 20.1 Å². The van der Waals surface area contributed by atoms with Gasteiger partial charge in [-0.2, -0.15) is 0 Å². The van der Waals surface area contributed by atoms with Crippen LogP contribution in [-0.2, 0) is 0 Å². The highest BCUT2D eigenvalue weighted by Gasteiger charge is 2.25. The molecular weight excluding hydrogens is 263 g/mol. The molecule has 2 N–H and O–H groups in total. The Morgan fingerprint density at radius 2 is 2.40 bits per heavy atom. The van der Waals surface area contributed by atoms with Gasteiger partial charge in [0.25, 0.3) is 0 Å². The van der Waals surface area contributed by atoms with Gasteiger partial charge in [-0.3, -0.25) is 0 Å². The van der Waals surface area contributed by atoms with E-state index >= 15 is 0 Å². The van der Waals surface area contributed by atoms with Crippen molar-refractivity contribution in [2.24, 2.45) is 5.92 Å². The number of amides is 2. The Bertz CT molecular complexity index is 481. The highest BCUT2D eigenvalue weighted by Crippen LogP contribution is 2.22. The summed E-state index contributed by atoms with van der Waals surface area (Å²) in [5, 5.41) is 11.7. The first kappa shape index (κ1) is 14.6. The predicted octanol–water partition coefficient (Wildman–Crippen LogP) is 2.07. The summed E-state index contributed by atoms with van der Waals surface area (Å²) in [7, 11) is 0. The summed E-state index contributed by atoms with van der Waals surface area (Å²) in [6.45, 7) is 3.39. The average molecular weight is 282 g/mol. The van der Waals surface area contributed by atoms with Crippen molar-refractivity contribution >= 4 is 11.7 Å². The lowest BCUT2D eigenvalue weighted by Gasteiger charge is -2.17. The average Bonchev–Trinajstić information content (AvgIpc) is 2.91. The van der Waals surface area contributed by atoms with E-state index in [4.69, 9.17) is 9.84 Å². The smallest absolute Gasteiger partial charge is 0.321 e. The molecule has 5 nitrogen and oxygen atoms in total. The summed E-state index contributed by atoms with van der Waals surface area (Å²) in [4.78, 5) is 13.6. The molecule has 1 unspecified atom stereocenters. The van der Waals surface area contributed by atoms with Crippen molar-refractivity contribution in [1.29, 1.82) is 0 Å². The number of anilines is 1. The van der Waals surface area contributed by atoms with Crippen LogP contribution in [0.3, 0.4) is 0 Å². The van der Waals surface area contributed by atoms with E-state index < -0.39 is 5.82 Å². The Hall–Kier alpha value is -1.82. The Morgan fingerprint density at radius 3 is 3.00 bits per heavy atom. The van der Waals surface area contributed by atoms with Gasteiger partial charge in [-0.15, -0.1) is 0 Å².